The molecule has 0 saturated carbocycles. The van der Waals surface area contributed by atoms with Crippen molar-refractivity contribution >= 4 is 11.8 Å². The van der Waals surface area contributed by atoms with Gasteiger partial charge in [-0.1, -0.05) is 6.07 Å². The van der Waals surface area contributed by atoms with Crippen LogP contribution < -0.4 is 5.32 Å². The van der Waals surface area contributed by atoms with Crippen LogP contribution in [0, 0.1) is 5.82 Å². The number of hydrogen-bond acceptors (Lipinski definition) is 3. The summed E-state index contributed by atoms with van der Waals surface area (Å²) < 4.78 is 13.4. The van der Waals surface area contributed by atoms with Gasteiger partial charge in [-0.15, -0.1) is 11.8 Å². The lowest BCUT2D eigenvalue weighted by Gasteiger charge is -2.11. The number of nitrogens with one attached hydrogen (secondary N) is 1. The van der Waals surface area contributed by atoms with Crippen molar-refractivity contribution in [3.05, 3.63) is 29.6 Å². The van der Waals surface area contributed by atoms with Crippen LogP contribution in [0.4, 0.5) is 4.39 Å². The van der Waals surface area contributed by atoms with E-state index < -0.39 is 6.10 Å². The first-order valence-corrected chi connectivity index (χ1v) is 5.57. The number of likely N-dealkylation sites (N-methyl/N-ethyl adjacent to an activating group) is 1. The van der Waals surface area contributed by atoms with E-state index in [9.17, 15) is 9.50 Å². The predicted octanol–water partition coefficient (Wildman–Crippen LogP) is 1.80. The van der Waals surface area contributed by atoms with E-state index >= 15 is 0 Å². The van der Waals surface area contributed by atoms with E-state index in [1.807, 2.05) is 12.3 Å². The van der Waals surface area contributed by atoms with Gasteiger partial charge in [0.05, 0.1) is 6.10 Å². The van der Waals surface area contributed by atoms with Crippen LogP contribution in [0.25, 0.3) is 0 Å². The van der Waals surface area contributed by atoms with Crippen molar-refractivity contribution < 1.29 is 9.50 Å². The van der Waals surface area contributed by atoms with E-state index in [0.29, 0.717) is 12.1 Å². The van der Waals surface area contributed by atoms with Crippen molar-refractivity contribution in [1.29, 1.82) is 0 Å². The number of benzene rings is 1. The second-order valence-corrected chi connectivity index (χ2v) is 3.84. The largest absolute Gasteiger partial charge is 0.387 e. The quantitative estimate of drug-likeness (QED) is 0.751. The molecule has 0 saturated heterocycles. The Labute approximate surface area is 87.5 Å². The van der Waals surface area contributed by atoms with E-state index in [0.717, 1.165) is 4.90 Å². The fourth-order valence-corrected chi connectivity index (χ4v) is 1.63. The van der Waals surface area contributed by atoms with Gasteiger partial charge in [0.2, 0.25) is 0 Å². The van der Waals surface area contributed by atoms with E-state index in [2.05, 4.69) is 5.32 Å². The first-order valence-electron chi connectivity index (χ1n) is 4.35. The van der Waals surface area contributed by atoms with Gasteiger partial charge in [0.25, 0.3) is 0 Å². The third-order valence-corrected chi connectivity index (χ3v) is 2.69. The average Bonchev–Trinajstić information content (AvgIpc) is 2.17. The Morgan fingerprint density at radius 1 is 1.57 bits per heavy atom. The molecular formula is C10H14FNOS. The van der Waals surface area contributed by atoms with Crippen molar-refractivity contribution in [3.8, 4) is 0 Å². The second-order valence-electron chi connectivity index (χ2n) is 2.96. The van der Waals surface area contributed by atoms with Crippen molar-refractivity contribution in [2.45, 2.75) is 11.0 Å². The van der Waals surface area contributed by atoms with E-state index in [1.54, 1.807) is 13.1 Å². The molecule has 0 bridgehead atoms. The molecule has 0 heterocycles. The van der Waals surface area contributed by atoms with Crippen LogP contribution in [0.15, 0.2) is 23.1 Å². The molecular weight excluding hydrogens is 201 g/mol. The van der Waals surface area contributed by atoms with Crippen LogP contribution in [0.2, 0.25) is 0 Å². The van der Waals surface area contributed by atoms with Gasteiger partial charge in [0.15, 0.2) is 0 Å². The zero-order valence-electron chi connectivity index (χ0n) is 8.25. The molecule has 2 nitrogen and oxygen atoms in total. The molecule has 0 aliphatic carbocycles. The first-order chi connectivity index (χ1) is 6.69. The molecule has 0 spiro atoms. The Hall–Kier alpha value is -0.580. The fourth-order valence-electron chi connectivity index (χ4n) is 1.21. The van der Waals surface area contributed by atoms with Crippen molar-refractivity contribution in [2.75, 3.05) is 19.8 Å². The lowest BCUT2D eigenvalue weighted by atomic mass is 10.1. The Balaban J connectivity index is 2.88. The van der Waals surface area contributed by atoms with Crippen molar-refractivity contribution in [1.82, 2.24) is 5.32 Å². The summed E-state index contributed by atoms with van der Waals surface area (Å²) in [6.07, 6.45) is 1.11. The molecule has 1 rings (SSSR count). The van der Waals surface area contributed by atoms with Crippen LogP contribution in [0.5, 0.6) is 0 Å². The van der Waals surface area contributed by atoms with Gasteiger partial charge in [0, 0.05) is 17.0 Å². The molecule has 1 atom stereocenters. The molecule has 14 heavy (non-hydrogen) atoms. The van der Waals surface area contributed by atoms with E-state index in [1.165, 1.54) is 17.8 Å². The van der Waals surface area contributed by atoms with Gasteiger partial charge in [0.1, 0.15) is 5.82 Å². The molecule has 1 unspecified atom stereocenters. The highest BCUT2D eigenvalue weighted by atomic mass is 32.2. The first kappa shape index (κ1) is 11.5. The number of hydrogen-bond donors (Lipinski definition) is 2. The monoisotopic (exact) mass is 215 g/mol. The van der Waals surface area contributed by atoms with E-state index in [-0.39, 0.29) is 5.82 Å². The third-order valence-electron chi connectivity index (χ3n) is 1.96. The molecule has 1 aromatic carbocycles. The Kier molecular flexibility index (Phi) is 4.38. The fraction of sp³-hybridized carbons (Fsp3) is 0.400. The Bertz CT molecular complexity index is 306. The minimum Gasteiger partial charge on any atom is -0.387 e. The maximum Gasteiger partial charge on any atom is 0.130 e. The van der Waals surface area contributed by atoms with Crippen LogP contribution in [-0.4, -0.2) is 25.0 Å². The smallest absolute Gasteiger partial charge is 0.130 e. The van der Waals surface area contributed by atoms with E-state index in [4.69, 9.17) is 0 Å². The molecule has 0 aromatic heterocycles. The summed E-state index contributed by atoms with van der Waals surface area (Å²) >= 11 is 1.48. The van der Waals surface area contributed by atoms with Gasteiger partial charge in [-0.3, -0.25) is 0 Å². The predicted molar refractivity (Wildman–Crippen MR) is 57.1 cm³/mol. The van der Waals surface area contributed by atoms with Gasteiger partial charge in [-0.2, -0.15) is 0 Å². The number of halogens is 1. The molecule has 2 N–H and O–H groups in total. The molecule has 78 valence electrons. The molecule has 1 aromatic rings. The highest BCUT2D eigenvalue weighted by Gasteiger charge is 2.11. The maximum atomic E-state index is 13.4. The minimum absolute atomic E-state index is 0.345. The summed E-state index contributed by atoms with van der Waals surface area (Å²) in [5, 5.41) is 12.4. The normalized spacial score (nSPS) is 12.9. The highest BCUT2D eigenvalue weighted by Crippen LogP contribution is 2.22. The minimum atomic E-state index is -0.782. The standard InChI is InChI=1S/C10H14FNOS/c1-12-6-10(13)8-4-3-7(14-2)5-9(8)11/h3-5,10,12-13H,6H2,1-2H3. The third kappa shape index (κ3) is 2.70. The summed E-state index contributed by atoms with van der Waals surface area (Å²) in [4.78, 5) is 0.864. The molecule has 0 fully saturated rings. The molecule has 0 aliphatic rings. The average molecular weight is 215 g/mol. The van der Waals surface area contributed by atoms with Gasteiger partial charge >= 0.3 is 0 Å². The zero-order chi connectivity index (χ0) is 10.6. The molecule has 0 radical (unpaired) electrons. The van der Waals surface area contributed by atoms with Gasteiger partial charge < -0.3 is 10.4 Å². The van der Waals surface area contributed by atoms with Crippen LogP contribution in [0.1, 0.15) is 11.7 Å². The summed E-state index contributed by atoms with van der Waals surface area (Å²) in [5.74, 6) is -0.348. The lowest BCUT2D eigenvalue weighted by Crippen LogP contribution is -2.17. The van der Waals surface area contributed by atoms with Crippen molar-refractivity contribution in [2.24, 2.45) is 0 Å². The summed E-state index contributed by atoms with van der Waals surface area (Å²) in [6.45, 7) is 0.357. The van der Waals surface area contributed by atoms with Crippen molar-refractivity contribution in [3.63, 3.8) is 0 Å². The zero-order valence-corrected chi connectivity index (χ0v) is 9.07. The summed E-state index contributed by atoms with van der Waals surface area (Å²) in [7, 11) is 1.72. The van der Waals surface area contributed by atoms with Gasteiger partial charge in [-0.25, -0.2) is 4.39 Å². The molecule has 4 heteroatoms. The summed E-state index contributed by atoms with van der Waals surface area (Å²) in [5.41, 5.74) is 0.345. The highest BCUT2D eigenvalue weighted by molar-refractivity contribution is 7.98. The number of aliphatic hydroxyl groups excluding tert-OH is 1. The SMILES string of the molecule is CNCC(O)c1ccc(SC)cc1F. The van der Waals surface area contributed by atoms with Crippen LogP contribution >= 0.6 is 11.8 Å². The van der Waals surface area contributed by atoms with Gasteiger partial charge in [-0.05, 0) is 25.4 Å². The van der Waals surface area contributed by atoms with Crippen LogP contribution in [-0.2, 0) is 0 Å². The Morgan fingerprint density at radius 2 is 2.29 bits per heavy atom. The number of aliphatic hydroxyl groups is 1. The van der Waals surface area contributed by atoms with Crippen LogP contribution in [0.3, 0.4) is 0 Å². The lowest BCUT2D eigenvalue weighted by molar-refractivity contribution is 0.173. The molecule has 0 amide bonds. The topological polar surface area (TPSA) is 32.3 Å². The Morgan fingerprint density at radius 3 is 2.79 bits per heavy atom. The number of rotatable bonds is 4. The second kappa shape index (κ2) is 5.34. The summed E-state index contributed by atoms with van der Waals surface area (Å²) in [6, 6.07) is 4.88. The maximum absolute atomic E-state index is 13.4. The molecule has 0 aliphatic heterocycles. The number of thioether (sulfide) groups is 1.